The van der Waals surface area contributed by atoms with Crippen LogP contribution in [0.5, 0.6) is 11.5 Å². The lowest BCUT2D eigenvalue weighted by atomic mass is 10.2. The summed E-state index contributed by atoms with van der Waals surface area (Å²) in [6, 6.07) is 8.59. The molecule has 0 bridgehead atoms. The number of nitrogens with one attached hydrogen (secondary N) is 2. The first-order valence-corrected chi connectivity index (χ1v) is 8.63. The molecule has 2 N–H and O–H groups in total. The fourth-order valence-electron chi connectivity index (χ4n) is 2.44. The number of hydrogen-bond donors (Lipinski definition) is 2. The molecule has 27 heavy (non-hydrogen) atoms. The lowest BCUT2D eigenvalue weighted by molar-refractivity contribution is -0.119. The third-order valence-electron chi connectivity index (χ3n) is 3.71. The first-order valence-electron chi connectivity index (χ1n) is 7.75. The van der Waals surface area contributed by atoms with E-state index >= 15 is 0 Å². The average molecular weight is 385 g/mol. The minimum Gasteiger partial charge on any atom is -0.497 e. The smallest absolute Gasteiger partial charge is 0.355 e. The number of aromatic nitrogens is 1. The summed E-state index contributed by atoms with van der Waals surface area (Å²) in [6.07, 6.45) is 0. The van der Waals surface area contributed by atoms with E-state index in [9.17, 15) is 9.59 Å². The van der Waals surface area contributed by atoms with Crippen molar-refractivity contribution < 1.29 is 23.8 Å². The van der Waals surface area contributed by atoms with Crippen LogP contribution in [0.4, 0.5) is 5.00 Å². The van der Waals surface area contributed by atoms with E-state index in [0.717, 1.165) is 0 Å². The van der Waals surface area contributed by atoms with Crippen LogP contribution in [0.1, 0.15) is 16.1 Å². The molecule has 8 nitrogen and oxygen atoms in total. The summed E-state index contributed by atoms with van der Waals surface area (Å²) in [5, 5.41) is 14.3. The molecular formula is C18H15N3O5S. The first kappa shape index (κ1) is 18.3. The van der Waals surface area contributed by atoms with Gasteiger partial charge in [-0.1, -0.05) is 0 Å². The summed E-state index contributed by atoms with van der Waals surface area (Å²) in [5.41, 5.74) is 1.15. The number of esters is 1. The van der Waals surface area contributed by atoms with Crippen molar-refractivity contribution in [1.29, 1.82) is 5.26 Å². The Bertz CT molecular complexity index is 1050. The van der Waals surface area contributed by atoms with Crippen LogP contribution < -0.4 is 14.8 Å². The van der Waals surface area contributed by atoms with Gasteiger partial charge in [0.25, 0.3) is 5.91 Å². The number of aromatic amines is 1. The van der Waals surface area contributed by atoms with Crippen molar-refractivity contribution in [2.24, 2.45) is 0 Å². The van der Waals surface area contributed by atoms with Crippen LogP contribution >= 0.6 is 11.3 Å². The van der Waals surface area contributed by atoms with E-state index in [-0.39, 0.29) is 5.69 Å². The number of carbonyl (C=O) groups excluding carboxylic acids is 2. The maximum absolute atomic E-state index is 12.2. The predicted molar refractivity (Wildman–Crippen MR) is 99.3 cm³/mol. The van der Waals surface area contributed by atoms with Crippen molar-refractivity contribution in [2.75, 3.05) is 26.1 Å². The zero-order chi connectivity index (χ0) is 19.4. The highest BCUT2D eigenvalue weighted by Gasteiger charge is 2.17. The molecule has 0 aliphatic carbocycles. The van der Waals surface area contributed by atoms with Crippen LogP contribution in [0, 0.1) is 11.3 Å². The van der Waals surface area contributed by atoms with Crippen LogP contribution in [0.15, 0.2) is 29.6 Å². The molecule has 0 unspecified atom stereocenters. The van der Waals surface area contributed by atoms with Crippen molar-refractivity contribution in [2.45, 2.75) is 0 Å². The van der Waals surface area contributed by atoms with Gasteiger partial charge in [-0.3, -0.25) is 4.79 Å². The van der Waals surface area contributed by atoms with E-state index in [1.807, 2.05) is 6.07 Å². The summed E-state index contributed by atoms with van der Waals surface area (Å²) in [4.78, 5) is 27.1. The Balaban J connectivity index is 1.69. The van der Waals surface area contributed by atoms with Gasteiger partial charge in [-0.25, -0.2) is 4.79 Å². The SMILES string of the molecule is COc1cc(OC)c2[nH]c(C(=O)OCC(=O)Nc3sccc3C#N)cc2c1. The number of hydrogen-bond acceptors (Lipinski definition) is 7. The third kappa shape index (κ3) is 3.86. The number of H-pyrrole nitrogens is 1. The number of ether oxygens (including phenoxy) is 3. The largest absolute Gasteiger partial charge is 0.497 e. The molecule has 0 aliphatic heterocycles. The first-order chi connectivity index (χ1) is 13.0. The van der Waals surface area contributed by atoms with Gasteiger partial charge in [-0.05, 0) is 23.6 Å². The van der Waals surface area contributed by atoms with E-state index in [4.69, 9.17) is 19.5 Å². The van der Waals surface area contributed by atoms with Gasteiger partial charge in [0.05, 0.1) is 25.3 Å². The maximum atomic E-state index is 12.2. The van der Waals surface area contributed by atoms with Gasteiger partial charge in [0.15, 0.2) is 6.61 Å². The van der Waals surface area contributed by atoms with Crippen molar-refractivity contribution in [3.63, 3.8) is 0 Å². The maximum Gasteiger partial charge on any atom is 0.355 e. The number of rotatable bonds is 6. The molecule has 0 fully saturated rings. The van der Waals surface area contributed by atoms with E-state index in [0.29, 0.717) is 33.0 Å². The topological polar surface area (TPSA) is 113 Å². The molecule has 0 spiro atoms. The highest BCUT2D eigenvalue weighted by molar-refractivity contribution is 7.14. The van der Waals surface area contributed by atoms with Crippen LogP contribution in [0.3, 0.4) is 0 Å². The molecule has 1 aromatic carbocycles. The second-order valence-electron chi connectivity index (χ2n) is 5.38. The number of carbonyl (C=O) groups is 2. The van der Waals surface area contributed by atoms with Gasteiger partial charge in [-0.15, -0.1) is 11.3 Å². The second kappa shape index (κ2) is 7.80. The minimum absolute atomic E-state index is 0.179. The molecule has 0 aliphatic rings. The fraction of sp³-hybridized carbons (Fsp3) is 0.167. The van der Waals surface area contributed by atoms with E-state index in [1.165, 1.54) is 25.6 Å². The highest BCUT2D eigenvalue weighted by atomic mass is 32.1. The van der Waals surface area contributed by atoms with Crippen molar-refractivity contribution in [3.05, 3.63) is 40.9 Å². The normalized spacial score (nSPS) is 10.3. The summed E-state index contributed by atoms with van der Waals surface area (Å²) in [6.45, 7) is -0.475. The van der Waals surface area contributed by atoms with Gasteiger partial charge in [0.2, 0.25) is 0 Å². The van der Waals surface area contributed by atoms with Gasteiger partial charge in [0, 0.05) is 11.5 Å². The number of amides is 1. The lowest BCUT2D eigenvalue weighted by Crippen LogP contribution is -2.20. The molecule has 9 heteroatoms. The van der Waals surface area contributed by atoms with Crippen molar-refractivity contribution in [1.82, 2.24) is 4.98 Å². The Morgan fingerprint density at radius 2 is 2.07 bits per heavy atom. The van der Waals surface area contributed by atoms with Crippen LogP contribution in [-0.4, -0.2) is 37.7 Å². The molecule has 1 amide bonds. The van der Waals surface area contributed by atoms with E-state index < -0.39 is 18.5 Å². The van der Waals surface area contributed by atoms with Crippen LogP contribution in [0.2, 0.25) is 0 Å². The number of nitrogens with zero attached hydrogens (tertiary/aromatic N) is 1. The fourth-order valence-corrected chi connectivity index (χ4v) is 3.19. The molecular weight excluding hydrogens is 370 g/mol. The molecule has 138 valence electrons. The number of anilines is 1. The number of nitriles is 1. The number of methoxy groups -OCH3 is 2. The predicted octanol–water partition coefficient (Wildman–Crippen LogP) is 2.91. The summed E-state index contributed by atoms with van der Waals surface area (Å²) in [5.74, 6) is -0.114. The Kier molecular flexibility index (Phi) is 5.28. The Morgan fingerprint density at radius 3 is 2.78 bits per heavy atom. The number of fused-ring (bicyclic) bond motifs is 1. The summed E-state index contributed by atoms with van der Waals surface area (Å²) >= 11 is 1.22. The summed E-state index contributed by atoms with van der Waals surface area (Å²) < 4.78 is 15.5. The Labute approximate surface area is 158 Å². The molecule has 3 rings (SSSR count). The molecule has 3 aromatic rings. The van der Waals surface area contributed by atoms with Gasteiger partial charge in [-0.2, -0.15) is 5.26 Å². The minimum atomic E-state index is -0.686. The monoisotopic (exact) mass is 385 g/mol. The average Bonchev–Trinajstić information content (AvgIpc) is 3.31. The molecule has 2 heterocycles. The van der Waals surface area contributed by atoms with Crippen molar-refractivity contribution >= 4 is 39.1 Å². The van der Waals surface area contributed by atoms with Gasteiger partial charge in [0.1, 0.15) is 28.3 Å². The lowest BCUT2D eigenvalue weighted by Gasteiger charge is -2.05. The highest BCUT2D eigenvalue weighted by Crippen LogP contribution is 2.31. The quantitative estimate of drug-likeness (QED) is 0.631. The van der Waals surface area contributed by atoms with E-state index in [2.05, 4.69) is 10.3 Å². The van der Waals surface area contributed by atoms with Crippen LogP contribution in [0.25, 0.3) is 10.9 Å². The molecule has 0 saturated heterocycles. The standard InChI is InChI=1S/C18H15N3O5S/c1-24-12-5-11-6-13(20-16(11)14(7-12)25-2)18(23)26-9-15(22)21-17-10(8-19)3-4-27-17/h3-7,20H,9H2,1-2H3,(H,21,22). The Morgan fingerprint density at radius 1 is 1.26 bits per heavy atom. The van der Waals surface area contributed by atoms with Crippen molar-refractivity contribution in [3.8, 4) is 17.6 Å². The zero-order valence-corrected chi connectivity index (χ0v) is 15.3. The molecule has 2 aromatic heterocycles. The van der Waals surface area contributed by atoms with Gasteiger partial charge >= 0.3 is 5.97 Å². The Hall–Kier alpha value is -3.51. The second-order valence-corrected chi connectivity index (χ2v) is 6.29. The summed E-state index contributed by atoms with van der Waals surface area (Å²) in [7, 11) is 3.05. The van der Waals surface area contributed by atoms with Crippen LogP contribution in [-0.2, 0) is 9.53 Å². The zero-order valence-electron chi connectivity index (χ0n) is 14.5. The molecule has 0 radical (unpaired) electrons. The third-order valence-corrected chi connectivity index (χ3v) is 4.54. The van der Waals surface area contributed by atoms with Gasteiger partial charge < -0.3 is 24.5 Å². The molecule has 0 atom stereocenters. The number of benzene rings is 1. The number of thiophene rings is 1. The van der Waals surface area contributed by atoms with E-state index in [1.54, 1.807) is 29.6 Å². The molecule has 0 saturated carbocycles.